The number of carbonyl (C=O) groups is 2. The van der Waals surface area contributed by atoms with Gasteiger partial charge in [-0.15, -0.1) is 0 Å². The Morgan fingerprint density at radius 3 is 2.55 bits per heavy atom. The molecular weight excluding hydrogens is 442 g/mol. The van der Waals surface area contributed by atoms with Crippen LogP contribution in [0.1, 0.15) is 34.8 Å². The average Bonchev–Trinajstić information content (AvgIpc) is 3.15. The minimum absolute atomic E-state index is 0.194. The van der Waals surface area contributed by atoms with Crippen molar-refractivity contribution in [3.63, 3.8) is 0 Å². The molecule has 0 bridgehead atoms. The molecule has 4 aromatic rings. The third-order valence-corrected chi connectivity index (χ3v) is 5.28. The Hall–Kier alpha value is -3.84. The van der Waals surface area contributed by atoms with E-state index in [1.54, 1.807) is 43.3 Å². The Labute approximate surface area is 195 Å². The summed E-state index contributed by atoms with van der Waals surface area (Å²) in [6.07, 6.45) is -0.670. The SMILES string of the molecule is C[C@H](OC(=O)c1ccccc1OCC(N)=O)c1nc2cc(Cl)ccc2n1Cc1ccccc1. The average molecular weight is 464 g/mol. The summed E-state index contributed by atoms with van der Waals surface area (Å²) < 4.78 is 13.1. The molecule has 2 N–H and O–H groups in total. The van der Waals surface area contributed by atoms with Crippen LogP contribution in [0.25, 0.3) is 11.0 Å². The van der Waals surface area contributed by atoms with E-state index < -0.39 is 18.0 Å². The highest BCUT2D eigenvalue weighted by molar-refractivity contribution is 6.31. The quantitative estimate of drug-likeness (QED) is 0.387. The van der Waals surface area contributed by atoms with Crippen LogP contribution >= 0.6 is 11.6 Å². The lowest BCUT2D eigenvalue weighted by Gasteiger charge is -2.17. The standard InChI is InChI=1S/C25H22ClN3O4/c1-16(33-25(31)19-9-5-6-10-22(19)32-15-23(27)30)24-28-20-13-18(26)11-12-21(20)29(24)14-17-7-3-2-4-8-17/h2-13,16H,14-15H2,1H3,(H2,27,30)/t16-/m0/s1. The number of primary amides is 1. The van der Waals surface area contributed by atoms with Crippen molar-refractivity contribution in [1.29, 1.82) is 0 Å². The molecule has 3 aromatic carbocycles. The Morgan fingerprint density at radius 2 is 1.79 bits per heavy atom. The molecule has 1 atom stereocenters. The number of para-hydroxylation sites is 1. The Bertz CT molecular complexity index is 1300. The van der Waals surface area contributed by atoms with Crippen LogP contribution in [0.15, 0.2) is 72.8 Å². The second-order valence-corrected chi connectivity index (χ2v) is 7.91. The number of ether oxygens (including phenoxy) is 2. The number of halogens is 1. The van der Waals surface area contributed by atoms with E-state index >= 15 is 0 Å². The van der Waals surface area contributed by atoms with Gasteiger partial charge in [0, 0.05) is 11.6 Å². The van der Waals surface area contributed by atoms with Crippen molar-refractivity contribution in [3.05, 3.63) is 94.8 Å². The number of nitrogens with zero attached hydrogens (tertiary/aromatic N) is 2. The van der Waals surface area contributed by atoms with Gasteiger partial charge in [-0.2, -0.15) is 0 Å². The molecule has 0 saturated carbocycles. The van der Waals surface area contributed by atoms with Crippen molar-refractivity contribution in [2.75, 3.05) is 6.61 Å². The molecule has 0 radical (unpaired) electrons. The summed E-state index contributed by atoms with van der Waals surface area (Å²) in [5, 5.41) is 0.573. The van der Waals surface area contributed by atoms with Crippen LogP contribution in [0, 0.1) is 0 Å². The van der Waals surface area contributed by atoms with Gasteiger partial charge in [0.1, 0.15) is 11.3 Å². The summed E-state index contributed by atoms with van der Waals surface area (Å²) in [4.78, 5) is 28.7. The van der Waals surface area contributed by atoms with Crippen molar-refractivity contribution >= 4 is 34.5 Å². The third kappa shape index (κ3) is 5.15. The first-order valence-electron chi connectivity index (χ1n) is 10.3. The monoisotopic (exact) mass is 463 g/mol. The lowest BCUT2D eigenvalue weighted by Crippen LogP contribution is -2.21. The molecule has 1 heterocycles. The van der Waals surface area contributed by atoms with Crippen molar-refractivity contribution in [1.82, 2.24) is 9.55 Å². The van der Waals surface area contributed by atoms with Crippen LogP contribution in [0.2, 0.25) is 5.02 Å². The van der Waals surface area contributed by atoms with Gasteiger partial charge in [0.25, 0.3) is 5.91 Å². The molecule has 0 saturated heterocycles. The maximum absolute atomic E-state index is 13.0. The summed E-state index contributed by atoms with van der Waals surface area (Å²) in [5.74, 6) is -0.433. The Kier molecular flexibility index (Phi) is 6.60. The summed E-state index contributed by atoms with van der Waals surface area (Å²) >= 11 is 6.17. The lowest BCUT2D eigenvalue weighted by molar-refractivity contribution is -0.119. The molecule has 33 heavy (non-hydrogen) atoms. The predicted molar refractivity (Wildman–Crippen MR) is 125 cm³/mol. The van der Waals surface area contributed by atoms with Gasteiger partial charge in [0.05, 0.1) is 11.0 Å². The minimum atomic E-state index is -0.670. The van der Waals surface area contributed by atoms with E-state index in [0.29, 0.717) is 22.9 Å². The molecular formula is C25H22ClN3O4. The van der Waals surface area contributed by atoms with Crippen LogP contribution in [0.4, 0.5) is 0 Å². The molecule has 0 aliphatic carbocycles. The first kappa shape index (κ1) is 22.4. The number of rotatable bonds is 8. The van der Waals surface area contributed by atoms with E-state index in [0.717, 1.165) is 11.1 Å². The third-order valence-electron chi connectivity index (χ3n) is 5.05. The lowest BCUT2D eigenvalue weighted by atomic mass is 10.2. The molecule has 168 valence electrons. The second-order valence-electron chi connectivity index (χ2n) is 7.47. The second kappa shape index (κ2) is 9.75. The highest BCUT2D eigenvalue weighted by atomic mass is 35.5. The highest BCUT2D eigenvalue weighted by Crippen LogP contribution is 2.28. The normalized spacial score (nSPS) is 11.8. The van der Waals surface area contributed by atoms with E-state index in [9.17, 15) is 9.59 Å². The molecule has 0 spiro atoms. The maximum Gasteiger partial charge on any atom is 0.342 e. The van der Waals surface area contributed by atoms with Gasteiger partial charge in [-0.1, -0.05) is 54.1 Å². The maximum atomic E-state index is 13.0. The molecule has 1 aromatic heterocycles. The number of nitrogens with two attached hydrogens (primary N) is 1. The van der Waals surface area contributed by atoms with Gasteiger partial charge in [0.15, 0.2) is 18.5 Å². The van der Waals surface area contributed by atoms with Gasteiger partial charge < -0.3 is 19.8 Å². The first-order valence-corrected chi connectivity index (χ1v) is 10.7. The molecule has 1 amide bonds. The Balaban J connectivity index is 1.64. The molecule has 0 unspecified atom stereocenters. The number of imidazole rings is 1. The minimum Gasteiger partial charge on any atom is -0.483 e. The van der Waals surface area contributed by atoms with Crippen molar-refractivity contribution < 1.29 is 19.1 Å². The van der Waals surface area contributed by atoms with Gasteiger partial charge in [-0.25, -0.2) is 9.78 Å². The number of hydrogen-bond acceptors (Lipinski definition) is 5. The van der Waals surface area contributed by atoms with Gasteiger partial charge in [-0.3, -0.25) is 4.79 Å². The van der Waals surface area contributed by atoms with Crippen molar-refractivity contribution in [2.24, 2.45) is 5.73 Å². The van der Waals surface area contributed by atoms with Crippen LogP contribution in [0.3, 0.4) is 0 Å². The van der Waals surface area contributed by atoms with Crippen molar-refractivity contribution in [3.8, 4) is 5.75 Å². The first-order chi connectivity index (χ1) is 15.9. The summed E-state index contributed by atoms with van der Waals surface area (Å²) in [6, 6.07) is 22.0. The van der Waals surface area contributed by atoms with Crippen LogP contribution in [-0.4, -0.2) is 28.0 Å². The molecule has 7 nitrogen and oxygen atoms in total. The molecule has 0 aliphatic heterocycles. The van der Waals surface area contributed by atoms with Crippen molar-refractivity contribution in [2.45, 2.75) is 19.6 Å². The fourth-order valence-corrected chi connectivity index (χ4v) is 3.72. The Morgan fingerprint density at radius 1 is 1.06 bits per heavy atom. The fourth-order valence-electron chi connectivity index (χ4n) is 3.55. The zero-order chi connectivity index (χ0) is 23.4. The zero-order valence-electron chi connectivity index (χ0n) is 17.9. The van der Waals surface area contributed by atoms with E-state index in [1.165, 1.54) is 0 Å². The summed E-state index contributed by atoms with van der Waals surface area (Å²) in [5.41, 5.74) is 8.01. The van der Waals surface area contributed by atoms with Gasteiger partial charge >= 0.3 is 5.97 Å². The topological polar surface area (TPSA) is 96.4 Å². The smallest absolute Gasteiger partial charge is 0.342 e. The van der Waals surface area contributed by atoms with E-state index in [4.69, 9.17) is 31.8 Å². The van der Waals surface area contributed by atoms with Gasteiger partial charge in [-0.05, 0) is 42.8 Å². The molecule has 4 rings (SSSR count). The number of aromatic nitrogens is 2. The number of benzene rings is 3. The van der Waals surface area contributed by atoms with E-state index in [-0.39, 0.29) is 17.9 Å². The number of hydrogen-bond donors (Lipinski definition) is 1. The largest absolute Gasteiger partial charge is 0.483 e. The molecule has 8 heteroatoms. The van der Waals surface area contributed by atoms with E-state index in [2.05, 4.69) is 0 Å². The zero-order valence-corrected chi connectivity index (χ0v) is 18.7. The summed E-state index contributed by atoms with van der Waals surface area (Å²) in [7, 11) is 0. The van der Waals surface area contributed by atoms with Crippen LogP contribution < -0.4 is 10.5 Å². The highest BCUT2D eigenvalue weighted by Gasteiger charge is 2.23. The predicted octanol–water partition coefficient (Wildman–Crippen LogP) is 4.52. The van der Waals surface area contributed by atoms with Crippen LogP contribution in [0.5, 0.6) is 5.75 Å². The molecule has 0 fully saturated rings. The molecule has 0 aliphatic rings. The van der Waals surface area contributed by atoms with Crippen LogP contribution in [-0.2, 0) is 16.1 Å². The summed E-state index contributed by atoms with van der Waals surface area (Å²) in [6.45, 7) is 1.97. The number of fused-ring (bicyclic) bond motifs is 1. The number of carbonyl (C=O) groups excluding carboxylic acids is 2. The number of amides is 1. The number of esters is 1. The fraction of sp³-hybridized carbons (Fsp3) is 0.160. The van der Waals surface area contributed by atoms with E-state index in [1.807, 2.05) is 41.0 Å². The van der Waals surface area contributed by atoms with Gasteiger partial charge in [0.2, 0.25) is 0 Å².